The normalized spacial score (nSPS) is 22.0. The number of para-hydroxylation sites is 2. The number of hydrogen-bond donors (Lipinski definition) is 0. The summed E-state index contributed by atoms with van der Waals surface area (Å²) in [5.41, 5.74) is 4.31. The second-order valence-electron chi connectivity index (χ2n) is 7.86. The molecule has 1 atom stereocenters. The lowest BCUT2D eigenvalue weighted by Gasteiger charge is -2.37. The minimum absolute atomic E-state index is 0.0494. The first-order chi connectivity index (χ1) is 14.5. The summed E-state index contributed by atoms with van der Waals surface area (Å²) >= 11 is 1.50. The van der Waals surface area contributed by atoms with E-state index in [1.165, 1.54) is 11.3 Å². The molecule has 2 fully saturated rings. The van der Waals surface area contributed by atoms with Gasteiger partial charge in [-0.05, 0) is 18.6 Å². The second kappa shape index (κ2) is 7.75. The number of imidazole rings is 1. The first-order valence-electron chi connectivity index (χ1n) is 10.1. The molecular formula is C20H23N5O3S2. The largest absolute Gasteiger partial charge is 0.339 e. The zero-order valence-electron chi connectivity index (χ0n) is 16.5. The number of thiazole rings is 1. The van der Waals surface area contributed by atoms with Crippen molar-refractivity contribution in [1.29, 1.82) is 0 Å². The van der Waals surface area contributed by atoms with Crippen molar-refractivity contribution in [3.63, 3.8) is 0 Å². The van der Waals surface area contributed by atoms with Crippen molar-refractivity contribution < 1.29 is 13.2 Å². The molecule has 2 saturated heterocycles. The van der Waals surface area contributed by atoms with Gasteiger partial charge in [0.15, 0.2) is 15.7 Å². The third kappa shape index (κ3) is 3.75. The molecule has 0 saturated carbocycles. The Labute approximate surface area is 179 Å². The molecule has 1 aromatic carbocycles. The molecule has 3 aromatic rings. The third-order valence-electron chi connectivity index (χ3n) is 6.00. The van der Waals surface area contributed by atoms with Crippen LogP contribution in [0.25, 0.3) is 22.6 Å². The lowest BCUT2D eigenvalue weighted by molar-refractivity contribution is -0.133. The van der Waals surface area contributed by atoms with E-state index < -0.39 is 9.84 Å². The summed E-state index contributed by atoms with van der Waals surface area (Å²) in [6, 6.07) is 7.91. The van der Waals surface area contributed by atoms with Crippen molar-refractivity contribution in [3.8, 4) is 11.5 Å². The zero-order chi connectivity index (χ0) is 20.7. The molecule has 8 nitrogen and oxygen atoms in total. The summed E-state index contributed by atoms with van der Waals surface area (Å²) in [6.07, 6.45) is 0.703. The first-order valence-corrected chi connectivity index (χ1v) is 12.8. The number of fused-ring (bicyclic) bond motifs is 1. The average molecular weight is 446 g/mol. The second-order valence-corrected chi connectivity index (χ2v) is 10.8. The maximum absolute atomic E-state index is 13.1. The fourth-order valence-corrected chi connectivity index (χ4v) is 6.68. The van der Waals surface area contributed by atoms with Gasteiger partial charge in [0.25, 0.3) is 0 Å². The minimum Gasteiger partial charge on any atom is -0.339 e. The molecule has 4 heterocycles. The summed E-state index contributed by atoms with van der Waals surface area (Å²) in [6.45, 7) is 2.89. The molecular weight excluding hydrogens is 422 g/mol. The van der Waals surface area contributed by atoms with E-state index in [2.05, 4.69) is 9.88 Å². The number of aromatic nitrogens is 3. The molecule has 2 aromatic heterocycles. The summed E-state index contributed by atoms with van der Waals surface area (Å²) in [5.74, 6) is 1.29. The number of piperazine rings is 1. The third-order valence-corrected chi connectivity index (χ3v) is 8.34. The molecule has 5 rings (SSSR count). The van der Waals surface area contributed by atoms with Crippen molar-refractivity contribution in [1.82, 2.24) is 24.3 Å². The molecule has 2 aliphatic heterocycles. The van der Waals surface area contributed by atoms with E-state index in [-0.39, 0.29) is 30.0 Å². The fraction of sp³-hybridized carbons (Fsp3) is 0.450. The van der Waals surface area contributed by atoms with Crippen molar-refractivity contribution in [2.75, 3.05) is 37.7 Å². The number of carbonyl (C=O) groups is 1. The fourth-order valence-electron chi connectivity index (χ4n) is 4.39. The van der Waals surface area contributed by atoms with Gasteiger partial charge in [0, 0.05) is 37.6 Å². The highest BCUT2D eigenvalue weighted by Gasteiger charge is 2.34. The molecule has 158 valence electrons. The van der Waals surface area contributed by atoms with E-state index in [1.807, 2.05) is 39.1 Å². The molecule has 2 aliphatic rings. The van der Waals surface area contributed by atoms with Gasteiger partial charge in [-0.2, -0.15) is 0 Å². The van der Waals surface area contributed by atoms with Gasteiger partial charge >= 0.3 is 0 Å². The summed E-state index contributed by atoms with van der Waals surface area (Å²) in [7, 11) is -2.89. The molecule has 0 spiro atoms. The predicted octanol–water partition coefficient (Wildman–Crippen LogP) is 1.49. The maximum atomic E-state index is 13.1. The highest BCUT2D eigenvalue weighted by atomic mass is 32.2. The van der Waals surface area contributed by atoms with Gasteiger partial charge in [0.1, 0.15) is 12.2 Å². The number of nitrogens with zero attached hydrogens (tertiary/aromatic N) is 5. The Hall–Kier alpha value is -2.30. The van der Waals surface area contributed by atoms with Gasteiger partial charge < -0.3 is 9.47 Å². The van der Waals surface area contributed by atoms with Crippen LogP contribution in [0.1, 0.15) is 6.42 Å². The van der Waals surface area contributed by atoms with E-state index in [1.54, 1.807) is 5.51 Å². The van der Waals surface area contributed by atoms with Gasteiger partial charge in [-0.3, -0.25) is 9.69 Å². The zero-order valence-corrected chi connectivity index (χ0v) is 18.1. The smallest absolute Gasteiger partial charge is 0.242 e. The van der Waals surface area contributed by atoms with Crippen LogP contribution in [0, 0.1) is 0 Å². The van der Waals surface area contributed by atoms with Crippen LogP contribution in [0.15, 0.2) is 35.2 Å². The Morgan fingerprint density at radius 3 is 2.67 bits per heavy atom. The van der Waals surface area contributed by atoms with E-state index in [9.17, 15) is 13.2 Å². The van der Waals surface area contributed by atoms with E-state index in [0.717, 1.165) is 29.8 Å². The molecule has 0 aliphatic carbocycles. The molecule has 0 unspecified atom stereocenters. The quantitative estimate of drug-likeness (QED) is 0.605. The van der Waals surface area contributed by atoms with Crippen molar-refractivity contribution in [2.45, 2.75) is 19.0 Å². The van der Waals surface area contributed by atoms with Crippen LogP contribution in [-0.2, 0) is 21.2 Å². The van der Waals surface area contributed by atoms with Crippen LogP contribution >= 0.6 is 11.3 Å². The predicted molar refractivity (Wildman–Crippen MR) is 116 cm³/mol. The number of carbonyl (C=O) groups excluding carboxylic acids is 1. The molecule has 0 bridgehead atoms. The number of benzene rings is 1. The monoisotopic (exact) mass is 445 g/mol. The van der Waals surface area contributed by atoms with E-state index in [4.69, 9.17) is 4.98 Å². The molecule has 0 N–H and O–H groups in total. The topological polar surface area (TPSA) is 88.4 Å². The lowest BCUT2D eigenvalue weighted by Crippen LogP contribution is -2.52. The van der Waals surface area contributed by atoms with Crippen LogP contribution in [0.4, 0.5) is 0 Å². The standard InChI is InChI=1S/C20H23N5O3S2/c26-19(24-8-6-23(7-9-24)15-5-10-30(27,28)13-15)11-25-18-4-2-1-3-16(18)22-20(25)17-12-29-14-21-17/h1-4,12,14-15H,5-11,13H2/t15-/m0/s1. The van der Waals surface area contributed by atoms with E-state index in [0.29, 0.717) is 25.3 Å². The Morgan fingerprint density at radius 2 is 1.97 bits per heavy atom. The average Bonchev–Trinajstić information content (AvgIpc) is 3.47. The first kappa shape index (κ1) is 19.7. The van der Waals surface area contributed by atoms with E-state index >= 15 is 0 Å². The Morgan fingerprint density at radius 1 is 1.17 bits per heavy atom. The van der Waals surface area contributed by atoms with Gasteiger partial charge in [0.2, 0.25) is 5.91 Å². The SMILES string of the molecule is O=C(Cn1c(-c2cscn2)nc2ccccc21)N1CCN([C@H]2CCS(=O)(=O)C2)CC1. The Kier molecular flexibility index (Phi) is 5.08. The highest BCUT2D eigenvalue weighted by Crippen LogP contribution is 2.25. The molecule has 1 amide bonds. The summed E-state index contributed by atoms with van der Waals surface area (Å²) < 4.78 is 25.5. The Balaban J connectivity index is 1.31. The van der Waals surface area contributed by atoms with Crippen LogP contribution in [0.2, 0.25) is 0 Å². The van der Waals surface area contributed by atoms with Gasteiger partial charge in [-0.1, -0.05) is 12.1 Å². The van der Waals surface area contributed by atoms with Gasteiger partial charge in [-0.15, -0.1) is 11.3 Å². The Bertz CT molecular complexity index is 1160. The van der Waals surface area contributed by atoms with Crippen LogP contribution < -0.4 is 0 Å². The van der Waals surface area contributed by atoms with Crippen molar-refractivity contribution >= 4 is 38.1 Å². The van der Waals surface area contributed by atoms with Crippen molar-refractivity contribution in [3.05, 3.63) is 35.2 Å². The molecule has 30 heavy (non-hydrogen) atoms. The van der Waals surface area contributed by atoms with Crippen molar-refractivity contribution in [2.24, 2.45) is 0 Å². The minimum atomic E-state index is -2.89. The lowest BCUT2D eigenvalue weighted by atomic mass is 10.2. The van der Waals surface area contributed by atoms with Crippen LogP contribution in [0.3, 0.4) is 0 Å². The highest BCUT2D eigenvalue weighted by molar-refractivity contribution is 7.91. The van der Waals surface area contributed by atoms with Gasteiger partial charge in [0.05, 0.1) is 28.0 Å². The number of hydrogen-bond acceptors (Lipinski definition) is 7. The van der Waals surface area contributed by atoms with Crippen LogP contribution in [-0.4, -0.2) is 82.4 Å². The van der Waals surface area contributed by atoms with Gasteiger partial charge in [-0.25, -0.2) is 18.4 Å². The molecule has 10 heteroatoms. The maximum Gasteiger partial charge on any atom is 0.242 e. The number of sulfone groups is 1. The number of amides is 1. The summed E-state index contributed by atoms with van der Waals surface area (Å²) in [5, 5.41) is 1.94. The number of rotatable bonds is 4. The van der Waals surface area contributed by atoms with Crippen LogP contribution in [0.5, 0.6) is 0 Å². The molecule has 0 radical (unpaired) electrons. The summed E-state index contributed by atoms with van der Waals surface area (Å²) in [4.78, 5) is 26.3.